The summed E-state index contributed by atoms with van der Waals surface area (Å²) >= 11 is 0. The number of hydrogen-bond acceptors (Lipinski definition) is 6. The Balaban J connectivity index is 2.16. The van der Waals surface area contributed by atoms with Gasteiger partial charge in [-0.25, -0.2) is 4.79 Å². The van der Waals surface area contributed by atoms with Crippen molar-refractivity contribution < 1.29 is 24.0 Å². The van der Waals surface area contributed by atoms with Crippen LogP contribution in [0.5, 0.6) is 5.75 Å². The maximum Gasteiger partial charge on any atom is 0.357 e. The van der Waals surface area contributed by atoms with Crippen LogP contribution < -0.4 is 10.1 Å². The first kappa shape index (κ1) is 17.9. The highest BCUT2D eigenvalue weighted by atomic mass is 16.6. The molecule has 8 nitrogen and oxygen atoms in total. The van der Waals surface area contributed by atoms with E-state index in [1.54, 1.807) is 37.3 Å². The fourth-order valence-electron chi connectivity index (χ4n) is 1.94. The van der Waals surface area contributed by atoms with Gasteiger partial charge in [0.25, 0.3) is 17.7 Å². The van der Waals surface area contributed by atoms with Gasteiger partial charge >= 0.3 is 5.97 Å². The lowest BCUT2D eigenvalue weighted by Crippen LogP contribution is -2.41. The SMILES string of the molecule is CCOC(=O)C(Oc1ccc([N+](=O)[O-])cc1)C(=O)Nc1ccccc1. The number of esters is 1. The zero-order chi connectivity index (χ0) is 18.2. The van der Waals surface area contributed by atoms with Crippen molar-refractivity contribution in [1.29, 1.82) is 0 Å². The number of nitro groups is 1. The predicted octanol–water partition coefficient (Wildman–Crippen LogP) is 2.54. The molecule has 0 saturated carbocycles. The van der Waals surface area contributed by atoms with E-state index in [1.807, 2.05) is 0 Å². The van der Waals surface area contributed by atoms with Crippen molar-refractivity contribution in [2.45, 2.75) is 13.0 Å². The zero-order valence-electron chi connectivity index (χ0n) is 13.4. The number of hydrogen-bond donors (Lipinski definition) is 1. The van der Waals surface area contributed by atoms with Crippen LogP contribution in [-0.2, 0) is 14.3 Å². The summed E-state index contributed by atoms with van der Waals surface area (Å²) in [5, 5.41) is 13.2. The highest BCUT2D eigenvalue weighted by Gasteiger charge is 2.30. The van der Waals surface area contributed by atoms with Crippen LogP contribution in [0.4, 0.5) is 11.4 Å². The normalized spacial score (nSPS) is 11.2. The Labute approximate surface area is 143 Å². The van der Waals surface area contributed by atoms with Crippen molar-refractivity contribution in [2.75, 3.05) is 11.9 Å². The lowest BCUT2D eigenvalue weighted by atomic mass is 10.2. The number of non-ortho nitro benzene ring substituents is 1. The van der Waals surface area contributed by atoms with E-state index < -0.39 is 22.9 Å². The minimum atomic E-state index is -1.54. The Morgan fingerprint density at radius 2 is 1.76 bits per heavy atom. The van der Waals surface area contributed by atoms with Crippen LogP contribution >= 0.6 is 0 Å². The fraction of sp³-hybridized carbons (Fsp3) is 0.176. The third-order valence-corrected chi connectivity index (χ3v) is 3.08. The Hall–Kier alpha value is -3.42. The highest BCUT2D eigenvalue weighted by molar-refractivity contribution is 6.07. The molecule has 1 amide bonds. The molecule has 0 aromatic heterocycles. The zero-order valence-corrected chi connectivity index (χ0v) is 13.4. The molecule has 2 rings (SSSR count). The van der Waals surface area contributed by atoms with Crippen molar-refractivity contribution >= 4 is 23.3 Å². The summed E-state index contributed by atoms with van der Waals surface area (Å²) in [7, 11) is 0. The van der Waals surface area contributed by atoms with E-state index in [9.17, 15) is 19.7 Å². The molecule has 0 spiro atoms. The fourth-order valence-corrected chi connectivity index (χ4v) is 1.94. The van der Waals surface area contributed by atoms with Gasteiger partial charge in [0.05, 0.1) is 11.5 Å². The lowest BCUT2D eigenvalue weighted by Gasteiger charge is -2.17. The quantitative estimate of drug-likeness (QED) is 0.358. The summed E-state index contributed by atoms with van der Waals surface area (Å²) in [5.41, 5.74) is 0.364. The van der Waals surface area contributed by atoms with Gasteiger partial charge in [0.1, 0.15) is 5.75 Å². The average Bonchev–Trinajstić information content (AvgIpc) is 2.61. The van der Waals surface area contributed by atoms with Crippen LogP contribution in [0, 0.1) is 10.1 Å². The Kier molecular flexibility index (Phi) is 6.05. The topological polar surface area (TPSA) is 108 Å². The Bertz CT molecular complexity index is 745. The molecule has 2 aromatic carbocycles. The van der Waals surface area contributed by atoms with Crippen LogP contribution in [0.1, 0.15) is 6.92 Å². The number of rotatable bonds is 7. The monoisotopic (exact) mass is 344 g/mol. The lowest BCUT2D eigenvalue weighted by molar-refractivity contribution is -0.384. The summed E-state index contributed by atoms with van der Waals surface area (Å²) < 4.78 is 10.3. The number of nitrogens with zero attached hydrogens (tertiary/aromatic N) is 1. The molecule has 0 saturated heterocycles. The van der Waals surface area contributed by atoms with Crippen LogP contribution in [-0.4, -0.2) is 29.5 Å². The van der Waals surface area contributed by atoms with Crippen LogP contribution in [0.15, 0.2) is 54.6 Å². The number of nitro benzene ring substituents is 1. The summed E-state index contributed by atoms with van der Waals surface area (Å²) in [6.07, 6.45) is -1.54. The minimum absolute atomic E-state index is 0.0809. The number of amides is 1. The van der Waals surface area contributed by atoms with E-state index >= 15 is 0 Å². The Morgan fingerprint density at radius 3 is 2.32 bits per heavy atom. The number of anilines is 1. The number of carbonyl (C=O) groups is 2. The summed E-state index contributed by atoms with van der Waals surface area (Å²) in [5.74, 6) is -1.43. The highest BCUT2D eigenvalue weighted by Crippen LogP contribution is 2.19. The van der Waals surface area contributed by atoms with E-state index in [-0.39, 0.29) is 18.0 Å². The number of carbonyl (C=O) groups excluding carboxylic acids is 2. The van der Waals surface area contributed by atoms with Crippen LogP contribution in [0.3, 0.4) is 0 Å². The molecule has 8 heteroatoms. The third kappa shape index (κ3) is 5.03. The number of benzene rings is 2. The first-order valence-corrected chi connectivity index (χ1v) is 7.45. The van der Waals surface area contributed by atoms with Crippen LogP contribution in [0.25, 0.3) is 0 Å². The molecule has 0 radical (unpaired) electrons. The first-order chi connectivity index (χ1) is 12.0. The largest absolute Gasteiger partial charge is 0.469 e. The van der Waals surface area contributed by atoms with E-state index in [4.69, 9.17) is 9.47 Å². The summed E-state index contributed by atoms with van der Waals surface area (Å²) in [6.45, 7) is 1.69. The molecule has 1 unspecified atom stereocenters. The van der Waals surface area contributed by atoms with Gasteiger partial charge in [-0.05, 0) is 31.2 Å². The van der Waals surface area contributed by atoms with Gasteiger partial charge in [0.2, 0.25) is 0 Å². The second kappa shape index (κ2) is 8.44. The van der Waals surface area contributed by atoms with Crippen molar-refractivity contribution in [3.05, 3.63) is 64.7 Å². The van der Waals surface area contributed by atoms with Crippen LogP contribution in [0.2, 0.25) is 0 Å². The van der Waals surface area contributed by atoms with Crippen molar-refractivity contribution in [2.24, 2.45) is 0 Å². The predicted molar refractivity (Wildman–Crippen MR) is 89.2 cm³/mol. The minimum Gasteiger partial charge on any atom is -0.469 e. The summed E-state index contributed by atoms with van der Waals surface area (Å²) in [4.78, 5) is 34.5. The van der Waals surface area contributed by atoms with Gasteiger partial charge in [-0.1, -0.05) is 18.2 Å². The molecule has 2 aromatic rings. The first-order valence-electron chi connectivity index (χ1n) is 7.45. The molecular formula is C17H16N2O6. The molecule has 0 bridgehead atoms. The molecule has 0 heterocycles. The van der Waals surface area contributed by atoms with Gasteiger partial charge in [0.15, 0.2) is 0 Å². The molecule has 1 atom stereocenters. The number of para-hydroxylation sites is 1. The number of ether oxygens (including phenoxy) is 2. The second-order valence-electron chi connectivity index (χ2n) is 4.86. The molecule has 1 N–H and O–H groups in total. The average molecular weight is 344 g/mol. The molecule has 25 heavy (non-hydrogen) atoms. The maximum absolute atomic E-state index is 12.4. The standard InChI is InChI=1S/C17H16N2O6/c1-2-24-17(21)15(16(20)18-12-6-4-3-5-7-12)25-14-10-8-13(9-11-14)19(22)23/h3-11,15H,2H2,1H3,(H,18,20). The molecule has 0 aliphatic carbocycles. The van der Waals surface area contributed by atoms with Gasteiger partial charge in [0, 0.05) is 17.8 Å². The van der Waals surface area contributed by atoms with E-state index in [2.05, 4.69) is 5.32 Å². The summed E-state index contributed by atoms with van der Waals surface area (Å²) in [6, 6.07) is 13.6. The second-order valence-corrected chi connectivity index (χ2v) is 4.86. The molecule has 0 aliphatic rings. The molecule has 0 fully saturated rings. The Morgan fingerprint density at radius 1 is 1.12 bits per heavy atom. The van der Waals surface area contributed by atoms with Gasteiger partial charge in [-0.2, -0.15) is 0 Å². The van der Waals surface area contributed by atoms with Gasteiger partial charge in [-0.15, -0.1) is 0 Å². The number of nitrogens with one attached hydrogen (secondary N) is 1. The van der Waals surface area contributed by atoms with Crippen molar-refractivity contribution in [3.63, 3.8) is 0 Å². The van der Waals surface area contributed by atoms with Gasteiger partial charge in [-0.3, -0.25) is 14.9 Å². The maximum atomic E-state index is 12.4. The smallest absolute Gasteiger partial charge is 0.357 e. The van der Waals surface area contributed by atoms with E-state index in [0.717, 1.165) is 0 Å². The molecule has 0 aliphatic heterocycles. The molecule has 130 valence electrons. The van der Waals surface area contributed by atoms with Gasteiger partial charge < -0.3 is 14.8 Å². The van der Waals surface area contributed by atoms with Crippen molar-refractivity contribution in [3.8, 4) is 5.75 Å². The van der Waals surface area contributed by atoms with Crippen molar-refractivity contribution in [1.82, 2.24) is 0 Å². The van der Waals surface area contributed by atoms with E-state index in [0.29, 0.717) is 5.69 Å². The van der Waals surface area contributed by atoms with E-state index in [1.165, 1.54) is 24.3 Å². The molecular weight excluding hydrogens is 328 g/mol. The third-order valence-electron chi connectivity index (χ3n) is 3.08.